The number of Topliss-reactive ketones (excluding diaryl/α,β-unsaturated/α-hetero) is 1. The molecule has 0 heterocycles. The van der Waals surface area contributed by atoms with E-state index >= 15 is 0 Å². The van der Waals surface area contributed by atoms with E-state index in [4.69, 9.17) is 30.6 Å². The summed E-state index contributed by atoms with van der Waals surface area (Å²) in [6.07, 6.45) is 2.17. The highest BCUT2D eigenvalue weighted by Crippen LogP contribution is 2.35. The molecule has 0 aromatic heterocycles. The number of esters is 2. The van der Waals surface area contributed by atoms with E-state index in [0.29, 0.717) is 18.4 Å². The Hall–Kier alpha value is -3.40. The fourth-order valence-electron chi connectivity index (χ4n) is 5.61. The maximum Gasteiger partial charge on any atom is 0.394 e. The molecule has 3 aromatic carbocycles. The Balaban J connectivity index is -0.0000000741. The number of carbonyl (C=O) groups is 3. The van der Waals surface area contributed by atoms with Gasteiger partial charge in [0.25, 0.3) is 0 Å². The van der Waals surface area contributed by atoms with Crippen LogP contribution in [0.15, 0.2) is 84.9 Å². The lowest BCUT2D eigenvalue weighted by atomic mass is 9.89. The summed E-state index contributed by atoms with van der Waals surface area (Å²) in [4.78, 5) is 32.9. The Bertz CT molecular complexity index is 1690. The topological polar surface area (TPSA) is 203 Å². The van der Waals surface area contributed by atoms with Crippen molar-refractivity contribution in [2.45, 2.75) is 164 Å². The largest absolute Gasteiger partial charge is 0.740 e. The van der Waals surface area contributed by atoms with Gasteiger partial charge in [-0.3, -0.25) is 23.5 Å². The molecule has 13 nitrogen and oxygen atoms in total. The Morgan fingerprint density at radius 3 is 1.27 bits per heavy atom. The third-order valence-corrected chi connectivity index (χ3v) is 15.5. The molecule has 0 bridgehead atoms. The standard InChI is InChI=1S/C21H28O5SSi.C12H20OSi.C4H6O3.10CH4.H2O4S/c1-5-19(17-12-9-13-18(14-17)26-27(23)24)20(22)15-21(28(3,4)25-2)16-10-7-6-8-11-16;1-5-12(14(3,4)13-2)11-9-7-6-8-10-11;1-3(5)7-4(2)6;;;;;;;;;;;1-5(2,3)4/h6-14,19,21H,5,15H2,1-4H3,(H,23,24);6-10,12H,5H2,1-4H3;1-2H3;10*1H4;(H2,1,2,3,4)/p-1. The highest BCUT2D eigenvalue weighted by Gasteiger charge is 2.37. The molecular weight excluding hydrogens is 893 g/mol. The minimum atomic E-state index is -4.67. The second kappa shape index (κ2) is 43.5. The first-order valence-corrected chi connectivity index (χ1v) is 25.4. The Morgan fingerprint density at radius 1 is 0.625 bits per heavy atom. The van der Waals surface area contributed by atoms with Gasteiger partial charge in [-0.1, -0.05) is 161 Å². The zero-order valence-corrected chi connectivity index (χ0v) is 36.3. The summed E-state index contributed by atoms with van der Waals surface area (Å²) in [6.45, 7) is 15.4. The van der Waals surface area contributed by atoms with Crippen molar-refractivity contribution in [1.29, 1.82) is 0 Å². The third kappa shape index (κ3) is 36.9. The van der Waals surface area contributed by atoms with Gasteiger partial charge in [-0.25, -0.2) is 4.21 Å². The van der Waals surface area contributed by atoms with Crippen molar-refractivity contribution in [1.82, 2.24) is 0 Å². The second-order valence-corrected chi connectivity index (χ2v) is 23.1. The van der Waals surface area contributed by atoms with Gasteiger partial charge in [0.1, 0.15) is 22.9 Å². The van der Waals surface area contributed by atoms with Crippen LogP contribution in [0, 0.1) is 0 Å². The average Bonchev–Trinajstić information content (AvgIpc) is 3.07. The predicted octanol–water partition coefficient (Wildman–Crippen LogP) is 13.9. The lowest BCUT2D eigenvalue weighted by molar-refractivity contribution is -0.156. The molecule has 0 radical (unpaired) electrons. The van der Waals surface area contributed by atoms with E-state index in [2.05, 4.69) is 68.2 Å². The van der Waals surface area contributed by atoms with Crippen LogP contribution >= 0.6 is 0 Å². The minimum Gasteiger partial charge on any atom is -0.740 e. The van der Waals surface area contributed by atoms with E-state index in [1.54, 1.807) is 25.3 Å². The smallest absolute Gasteiger partial charge is 0.394 e. The van der Waals surface area contributed by atoms with Gasteiger partial charge in [-0.2, -0.15) is 8.42 Å². The fourth-order valence-corrected chi connectivity index (χ4v) is 10.1. The van der Waals surface area contributed by atoms with Crippen LogP contribution in [0.5, 0.6) is 5.75 Å². The molecule has 0 amide bonds. The van der Waals surface area contributed by atoms with Crippen molar-refractivity contribution < 1.29 is 58.4 Å². The summed E-state index contributed by atoms with van der Waals surface area (Å²) in [5, 5.41) is 0. The van der Waals surface area contributed by atoms with E-state index < -0.39 is 50.3 Å². The van der Waals surface area contributed by atoms with Crippen molar-refractivity contribution in [2.24, 2.45) is 0 Å². The van der Waals surface area contributed by atoms with Crippen LogP contribution in [-0.4, -0.2) is 74.9 Å². The number of ketones is 1. The van der Waals surface area contributed by atoms with Crippen LogP contribution in [0.4, 0.5) is 0 Å². The number of hydrogen-bond acceptors (Lipinski definition) is 11. The van der Waals surface area contributed by atoms with Gasteiger partial charge in [0.05, 0.1) is 0 Å². The molecule has 4 atom stereocenters. The first-order chi connectivity index (χ1) is 25.0. The summed E-state index contributed by atoms with van der Waals surface area (Å²) in [5.74, 6) is -1.12. The van der Waals surface area contributed by atoms with Gasteiger partial charge in [0, 0.05) is 51.5 Å². The summed E-state index contributed by atoms with van der Waals surface area (Å²) >= 11 is -2.64. The lowest BCUT2D eigenvalue weighted by Gasteiger charge is -2.32. The molecule has 0 aliphatic carbocycles. The molecule has 0 aliphatic rings. The van der Waals surface area contributed by atoms with Gasteiger partial charge >= 0.3 is 22.3 Å². The Kier molecular flexibility index (Phi) is 59.5. The van der Waals surface area contributed by atoms with Crippen molar-refractivity contribution in [3.05, 3.63) is 102 Å². The maximum atomic E-state index is 13.3. The van der Waals surface area contributed by atoms with E-state index in [9.17, 15) is 23.1 Å². The number of ether oxygens (including phenoxy) is 1. The summed E-state index contributed by atoms with van der Waals surface area (Å²) in [6, 6.07) is 27.4. The number of carbonyl (C=O) groups excluding carboxylic acids is 3. The molecule has 4 unspecified atom stereocenters. The first kappa shape index (κ1) is 87.5. The second-order valence-electron chi connectivity index (χ2n) is 13.0. The Labute approximate surface area is 398 Å². The van der Waals surface area contributed by atoms with Crippen molar-refractivity contribution in [3.63, 3.8) is 0 Å². The highest BCUT2D eigenvalue weighted by molar-refractivity contribution is 7.79. The predicted molar refractivity (Wildman–Crippen MR) is 280 cm³/mol. The summed E-state index contributed by atoms with van der Waals surface area (Å²) < 4.78 is 73.4. The zero-order valence-electron chi connectivity index (χ0n) is 32.6. The Morgan fingerprint density at radius 2 is 0.969 bits per heavy atom. The van der Waals surface area contributed by atoms with E-state index in [1.807, 2.05) is 50.4 Å². The van der Waals surface area contributed by atoms with Gasteiger partial charge in [0.15, 0.2) is 16.6 Å². The van der Waals surface area contributed by atoms with Crippen molar-refractivity contribution in [2.75, 3.05) is 14.2 Å². The molecule has 0 spiro atoms. The van der Waals surface area contributed by atoms with Crippen LogP contribution in [0.2, 0.25) is 26.2 Å². The number of hydrogen-bond donors (Lipinski definition) is 2. The van der Waals surface area contributed by atoms with Crippen LogP contribution in [0.3, 0.4) is 0 Å². The lowest BCUT2D eigenvalue weighted by Crippen LogP contribution is -2.39. The number of rotatable bonds is 14. The normalized spacial score (nSPS) is 11.3. The summed E-state index contributed by atoms with van der Waals surface area (Å²) in [5.41, 5.74) is 3.94. The third-order valence-electron chi connectivity index (χ3n) is 8.46. The van der Waals surface area contributed by atoms with Gasteiger partial charge in [-0.15, -0.1) is 0 Å². The van der Waals surface area contributed by atoms with Crippen LogP contribution < -0.4 is 4.18 Å². The molecule has 0 saturated heterocycles. The molecule has 17 heteroatoms. The molecule has 3 rings (SSSR count). The fraction of sp³-hybridized carbons (Fsp3) is 0.553. The SMILES string of the molecule is C.C.C.C.C.C.C.C.C.C.CC(=O)OC(C)=O.CCC(C(=O)CC(c1ccccc1)[Si](C)(C)OC)c1cccc(OS(=O)[O-])c1.CCC(c1ccccc1)[Si](C)(C)OC.O=S(=O)(O)O. The van der Waals surface area contributed by atoms with Gasteiger partial charge < -0.3 is 22.3 Å². The van der Waals surface area contributed by atoms with Crippen LogP contribution in [-0.2, 0) is 49.7 Å². The van der Waals surface area contributed by atoms with Crippen LogP contribution in [0.25, 0.3) is 0 Å². The molecule has 0 saturated carbocycles. The maximum absolute atomic E-state index is 13.3. The first-order valence-electron chi connectivity index (χ1n) is 17.0. The molecule has 64 heavy (non-hydrogen) atoms. The van der Waals surface area contributed by atoms with Gasteiger partial charge in [-0.05, 0) is 67.9 Å². The minimum absolute atomic E-state index is 0. The average molecular weight is 989 g/mol. The molecule has 0 fully saturated rings. The molecule has 0 aliphatic heterocycles. The molecule has 3 aromatic rings. The number of benzene rings is 3. The van der Waals surface area contributed by atoms with Crippen molar-refractivity contribution in [3.8, 4) is 5.75 Å². The zero-order chi connectivity index (χ0) is 41.7. The quantitative estimate of drug-likeness (QED) is 0.0508. The molecule has 382 valence electrons. The summed E-state index contributed by atoms with van der Waals surface area (Å²) in [7, 11) is -4.78. The van der Waals surface area contributed by atoms with Gasteiger partial charge in [0.2, 0.25) is 0 Å². The van der Waals surface area contributed by atoms with E-state index in [0.717, 1.165) is 17.5 Å². The molecule has 2 N–H and O–H groups in total. The van der Waals surface area contributed by atoms with Crippen molar-refractivity contribution >= 4 is 56.1 Å². The molecular formula is C47H95O13S2Si2-. The highest BCUT2D eigenvalue weighted by atomic mass is 32.3. The van der Waals surface area contributed by atoms with E-state index in [1.165, 1.54) is 19.4 Å². The monoisotopic (exact) mass is 988 g/mol. The van der Waals surface area contributed by atoms with E-state index in [-0.39, 0.29) is 97.3 Å². The van der Waals surface area contributed by atoms with Crippen LogP contribution in [0.1, 0.15) is 155 Å².